The molecule has 0 aromatic heterocycles. The van der Waals surface area contributed by atoms with Crippen molar-refractivity contribution in [3.63, 3.8) is 0 Å². The zero-order valence-corrected chi connectivity index (χ0v) is 14.1. The molecule has 1 aliphatic rings. The van der Waals surface area contributed by atoms with E-state index in [9.17, 15) is 0 Å². The second-order valence-corrected chi connectivity index (χ2v) is 7.66. The van der Waals surface area contributed by atoms with E-state index in [4.69, 9.17) is 10.5 Å². The van der Waals surface area contributed by atoms with Crippen LogP contribution in [0.1, 0.15) is 52.0 Å². The summed E-state index contributed by atoms with van der Waals surface area (Å²) < 4.78 is 5.44. The van der Waals surface area contributed by atoms with Gasteiger partial charge in [-0.2, -0.15) is 0 Å². The summed E-state index contributed by atoms with van der Waals surface area (Å²) in [5.41, 5.74) is 8.19. The van der Waals surface area contributed by atoms with Crippen molar-refractivity contribution in [1.82, 2.24) is 0 Å². The number of hydrogen-bond acceptors (Lipinski definition) is 2. The van der Waals surface area contributed by atoms with Crippen molar-refractivity contribution in [2.24, 2.45) is 23.0 Å². The van der Waals surface area contributed by atoms with Gasteiger partial charge in [-0.15, -0.1) is 0 Å². The first-order valence-corrected chi connectivity index (χ1v) is 8.29. The van der Waals surface area contributed by atoms with Gasteiger partial charge < -0.3 is 10.5 Å². The van der Waals surface area contributed by atoms with Crippen LogP contribution in [0.2, 0.25) is 0 Å². The standard InChI is InChI=1S/C19H31NO/c1-19(2,3)16-11-9-14(10-12-16)17(20)13-15-7-5-6-8-18(15)21-4/h5-8,14,16-17H,9-13,20H2,1-4H3. The van der Waals surface area contributed by atoms with Crippen LogP contribution in [0.25, 0.3) is 0 Å². The Bertz CT molecular complexity index is 441. The number of nitrogens with two attached hydrogens (primary N) is 1. The third-order valence-corrected chi connectivity index (χ3v) is 5.25. The minimum Gasteiger partial charge on any atom is -0.496 e. The van der Waals surface area contributed by atoms with Gasteiger partial charge in [-0.05, 0) is 61.0 Å². The summed E-state index contributed by atoms with van der Waals surface area (Å²) in [6, 6.07) is 8.50. The van der Waals surface area contributed by atoms with Gasteiger partial charge in [0.1, 0.15) is 5.75 Å². The van der Waals surface area contributed by atoms with Crippen LogP contribution in [0.5, 0.6) is 5.75 Å². The van der Waals surface area contributed by atoms with Gasteiger partial charge in [0.15, 0.2) is 0 Å². The van der Waals surface area contributed by atoms with Crippen molar-refractivity contribution in [2.45, 2.75) is 58.9 Å². The van der Waals surface area contributed by atoms with Gasteiger partial charge in [-0.25, -0.2) is 0 Å². The third-order valence-electron chi connectivity index (χ3n) is 5.25. The number of ether oxygens (including phenoxy) is 1. The molecule has 21 heavy (non-hydrogen) atoms. The van der Waals surface area contributed by atoms with Crippen molar-refractivity contribution >= 4 is 0 Å². The van der Waals surface area contributed by atoms with Crippen LogP contribution in [0, 0.1) is 17.3 Å². The lowest BCUT2D eigenvalue weighted by molar-refractivity contribution is 0.139. The van der Waals surface area contributed by atoms with Crippen LogP contribution >= 0.6 is 0 Å². The van der Waals surface area contributed by atoms with Gasteiger partial charge in [-0.1, -0.05) is 39.0 Å². The van der Waals surface area contributed by atoms with E-state index in [2.05, 4.69) is 32.9 Å². The lowest BCUT2D eigenvalue weighted by atomic mass is 9.68. The summed E-state index contributed by atoms with van der Waals surface area (Å²) in [6.45, 7) is 7.10. The first-order chi connectivity index (χ1) is 9.91. The number of methoxy groups -OCH3 is 1. The van der Waals surface area contributed by atoms with E-state index in [1.165, 1.54) is 31.2 Å². The molecule has 118 valence electrons. The summed E-state index contributed by atoms with van der Waals surface area (Å²) in [5.74, 6) is 2.48. The highest BCUT2D eigenvalue weighted by molar-refractivity contribution is 5.33. The topological polar surface area (TPSA) is 35.2 Å². The molecule has 0 spiro atoms. The second-order valence-electron chi connectivity index (χ2n) is 7.66. The van der Waals surface area contributed by atoms with Gasteiger partial charge in [0.05, 0.1) is 7.11 Å². The summed E-state index contributed by atoms with van der Waals surface area (Å²) in [5, 5.41) is 0. The van der Waals surface area contributed by atoms with Gasteiger partial charge in [0, 0.05) is 6.04 Å². The Hall–Kier alpha value is -1.02. The van der Waals surface area contributed by atoms with E-state index in [0.717, 1.165) is 18.1 Å². The highest BCUT2D eigenvalue weighted by atomic mass is 16.5. The molecule has 1 aromatic rings. The lowest BCUT2D eigenvalue weighted by Gasteiger charge is -2.38. The van der Waals surface area contributed by atoms with Gasteiger partial charge in [0.2, 0.25) is 0 Å². The third kappa shape index (κ3) is 4.23. The predicted octanol–water partition coefficient (Wildman–Crippen LogP) is 4.42. The maximum Gasteiger partial charge on any atom is 0.122 e. The van der Waals surface area contributed by atoms with Crippen LogP contribution < -0.4 is 10.5 Å². The Morgan fingerprint density at radius 3 is 2.33 bits per heavy atom. The molecule has 1 aromatic carbocycles. The highest BCUT2D eigenvalue weighted by Gasteiger charge is 2.31. The smallest absolute Gasteiger partial charge is 0.122 e. The van der Waals surface area contributed by atoms with E-state index >= 15 is 0 Å². The molecule has 0 amide bonds. The average molecular weight is 289 g/mol. The SMILES string of the molecule is COc1ccccc1CC(N)C1CCC(C(C)(C)C)CC1. The molecule has 0 saturated heterocycles. The largest absolute Gasteiger partial charge is 0.496 e. The monoisotopic (exact) mass is 289 g/mol. The molecule has 2 heteroatoms. The molecule has 0 radical (unpaired) electrons. The number of hydrogen-bond donors (Lipinski definition) is 1. The van der Waals surface area contributed by atoms with E-state index in [0.29, 0.717) is 11.3 Å². The van der Waals surface area contributed by atoms with Crippen LogP contribution in [0.15, 0.2) is 24.3 Å². The van der Waals surface area contributed by atoms with Gasteiger partial charge in [-0.3, -0.25) is 0 Å². The van der Waals surface area contributed by atoms with Gasteiger partial charge in [0.25, 0.3) is 0 Å². The highest BCUT2D eigenvalue weighted by Crippen LogP contribution is 2.40. The predicted molar refractivity (Wildman–Crippen MR) is 89.6 cm³/mol. The van der Waals surface area contributed by atoms with E-state index in [1.807, 2.05) is 12.1 Å². The summed E-state index contributed by atoms with van der Waals surface area (Å²) >= 11 is 0. The molecular weight excluding hydrogens is 258 g/mol. The Kier molecular flexibility index (Phi) is 5.32. The Labute approximate surface area is 130 Å². The number of benzene rings is 1. The van der Waals surface area contributed by atoms with Crippen LogP contribution in [0.3, 0.4) is 0 Å². The fourth-order valence-electron chi connectivity index (χ4n) is 3.71. The minimum atomic E-state index is 0.252. The molecule has 1 saturated carbocycles. The van der Waals surface area contributed by atoms with Crippen molar-refractivity contribution in [1.29, 1.82) is 0 Å². The van der Waals surface area contributed by atoms with Crippen molar-refractivity contribution in [3.8, 4) is 5.75 Å². The van der Waals surface area contributed by atoms with Crippen molar-refractivity contribution in [2.75, 3.05) is 7.11 Å². The zero-order valence-electron chi connectivity index (χ0n) is 14.1. The zero-order chi connectivity index (χ0) is 15.5. The summed E-state index contributed by atoms with van der Waals surface area (Å²) in [4.78, 5) is 0. The lowest BCUT2D eigenvalue weighted by Crippen LogP contribution is -2.37. The maximum atomic E-state index is 6.50. The Balaban J connectivity index is 1.92. The Morgan fingerprint density at radius 2 is 1.76 bits per heavy atom. The quantitative estimate of drug-likeness (QED) is 0.890. The van der Waals surface area contributed by atoms with Crippen molar-refractivity contribution < 1.29 is 4.74 Å². The molecule has 1 atom stereocenters. The fraction of sp³-hybridized carbons (Fsp3) is 0.684. The van der Waals surface area contributed by atoms with Crippen molar-refractivity contribution in [3.05, 3.63) is 29.8 Å². The Morgan fingerprint density at radius 1 is 1.14 bits per heavy atom. The van der Waals surface area contributed by atoms with Crippen LogP contribution in [-0.4, -0.2) is 13.2 Å². The molecule has 0 bridgehead atoms. The summed E-state index contributed by atoms with van der Waals surface area (Å²) in [7, 11) is 1.74. The van der Waals surface area contributed by atoms with Gasteiger partial charge >= 0.3 is 0 Å². The van der Waals surface area contributed by atoms with E-state index in [-0.39, 0.29) is 6.04 Å². The molecule has 2 N–H and O–H groups in total. The molecule has 0 aliphatic heterocycles. The van der Waals surface area contributed by atoms with Crippen LogP contribution in [0.4, 0.5) is 0 Å². The molecule has 1 aliphatic carbocycles. The van der Waals surface area contributed by atoms with Crippen LogP contribution in [-0.2, 0) is 6.42 Å². The first kappa shape index (κ1) is 16.4. The molecule has 0 heterocycles. The molecule has 2 rings (SSSR count). The first-order valence-electron chi connectivity index (χ1n) is 8.29. The molecule has 1 fully saturated rings. The van der Waals surface area contributed by atoms with E-state index < -0.39 is 0 Å². The maximum absolute atomic E-state index is 6.50. The average Bonchev–Trinajstić information content (AvgIpc) is 2.47. The number of para-hydroxylation sites is 1. The molecule has 2 nitrogen and oxygen atoms in total. The summed E-state index contributed by atoms with van der Waals surface area (Å²) in [6.07, 6.45) is 6.13. The fourth-order valence-corrected chi connectivity index (χ4v) is 3.71. The molecular formula is C19H31NO. The van der Waals surface area contributed by atoms with E-state index in [1.54, 1.807) is 7.11 Å². The minimum absolute atomic E-state index is 0.252. The molecule has 1 unspecified atom stereocenters. The number of rotatable bonds is 4. The second kappa shape index (κ2) is 6.83. The normalized spacial score (nSPS) is 24.6.